The van der Waals surface area contributed by atoms with Gasteiger partial charge in [0.2, 0.25) is 17.8 Å². The molecule has 9 nitrogen and oxygen atoms in total. The number of para-hydroxylation sites is 4. The van der Waals surface area contributed by atoms with Gasteiger partial charge in [0.05, 0.1) is 22.1 Å². The molecule has 0 saturated carbocycles. The molecule has 9 heteroatoms. The van der Waals surface area contributed by atoms with Gasteiger partial charge in [0.15, 0.2) is 0 Å². The summed E-state index contributed by atoms with van der Waals surface area (Å²) in [6, 6.07) is 39.8. The van der Waals surface area contributed by atoms with E-state index in [9.17, 15) is 0 Å². The molecule has 0 bridgehead atoms. The fraction of sp³-hybridized carbons (Fsp3) is 0.0417. The Morgan fingerprint density at radius 3 is 1.12 bits per heavy atom. The van der Waals surface area contributed by atoms with E-state index in [0.717, 1.165) is 82.7 Å². The second kappa shape index (κ2) is 13.8. The summed E-state index contributed by atoms with van der Waals surface area (Å²) in [6.07, 6.45) is 15.1. The molecule has 0 fully saturated rings. The molecule has 10 aromatic rings. The molecular formula is C48H35N9. The molecule has 0 aliphatic rings. The number of nitrogens with zero attached hydrogens (tertiary/aromatic N) is 9. The number of hydrogen-bond donors (Lipinski definition) is 0. The van der Waals surface area contributed by atoms with Crippen molar-refractivity contribution in [3.63, 3.8) is 0 Å². The molecule has 0 aliphatic carbocycles. The second-order valence-corrected chi connectivity index (χ2v) is 13.9. The molecule has 57 heavy (non-hydrogen) atoms. The van der Waals surface area contributed by atoms with Crippen LogP contribution in [-0.2, 0) is 0 Å². The Hall–Kier alpha value is -7.78. The summed E-state index contributed by atoms with van der Waals surface area (Å²) < 4.78 is 4.24. The molecule has 5 aromatic carbocycles. The first kappa shape index (κ1) is 33.8. The number of hydrogen-bond acceptors (Lipinski definition) is 7. The molecule has 0 aliphatic heterocycles. The number of anilines is 1. The first-order valence-electron chi connectivity index (χ1n) is 18.7. The van der Waals surface area contributed by atoms with Crippen LogP contribution in [0.15, 0.2) is 177 Å². The SMILES string of the molecule is C=C(/C=C\C)N(C)c1ncc(-c2cc(-c3cnc(-n4c5ccccc5c5ccccc54)nc3)cc(-c3cnc(-n4c5ccccc5c5ccccc54)nc3)c2)cn1. The van der Waals surface area contributed by atoms with Crippen molar-refractivity contribution in [3.05, 3.63) is 177 Å². The minimum Gasteiger partial charge on any atom is -0.314 e. The van der Waals surface area contributed by atoms with Crippen molar-refractivity contribution in [2.24, 2.45) is 0 Å². The van der Waals surface area contributed by atoms with E-state index in [-0.39, 0.29) is 0 Å². The van der Waals surface area contributed by atoms with E-state index in [4.69, 9.17) is 29.9 Å². The molecule has 272 valence electrons. The highest BCUT2D eigenvalue weighted by Gasteiger charge is 2.17. The number of rotatable bonds is 8. The van der Waals surface area contributed by atoms with Crippen LogP contribution in [0.1, 0.15) is 6.92 Å². The van der Waals surface area contributed by atoms with Crippen LogP contribution in [0.5, 0.6) is 0 Å². The molecule has 0 radical (unpaired) electrons. The number of allylic oxidation sites excluding steroid dienone is 2. The summed E-state index contributed by atoms with van der Waals surface area (Å²) in [6.45, 7) is 6.09. The van der Waals surface area contributed by atoms with Crippen LogP contribution >= 0.6 is 0 Å². The maximum Gasteiger partial charge on any atom is 0.234 e. The van der Waals surface area contributed by atoms with Gasteiger partial charge in [0.1, 0.15) is 0 Å². The van der Waals surface area contributed by atoms with Crippen molar-refractivity contribution in [2.45, 2.75) is 6.92 Å². The van der Waals surface area contributed by atoms with Crippen LogP contribution in [0.3, 0.4) is 0 Å². The quantitative estimate of drug-likeness (QED) is 0.143. The normalized spacial score (nSPS) is 11.7. The van der Waals surface area contributed by atoms with Crippen LogP contribution in [0, 0.1) is 0 Å². The molecule has 10 rings (SSSR count). The lowest BCUT2D eigenvalue weighted by Gasteiger charge is -2.17. The summed E-state index contributed by atoms with van der Waals surface area (Å²) in [5.74, 6) is 1.77. The molecule has 0 atom stereocenters. The Labute approximate surface area is 328 Å². The largest absolute Gasteiger partial charge is 0.314 e. The molecule has 5 heterocycles. The number of benzene rings is 5. The third-order valence-electron chi connectivity index (χ3n) is 10.5. The average Bonchev–Trinajstić information content (AvgIpc) is 3.79. The third kappa shape index (κ3) is 5.80. The topological polar surface area (TPSA) is 90.4 Å². The van der Waals surface area contributed by atoms with Crippen LogP contribution < -0.4 is 4.90 Å². The first-order chi connectivity index (χ1) is 28.1. The van der Waals surface area contributed by atoms with Crippen molar-refractivity contribution in [2.75, 3.05) is 11.9 Å². The zero-order valence-electron chi connectivity index (χ0n) is 31.3. The van der Waals surface area contributed by atoms with Crippen LogP contribution in [0.25, 0.3) is 88.9 Å². The maximum atomic E-state index is 4.94. The zero-order valence-corrected chi connectivity index (χ0v) is 31.3. The van der Waals surface area contributed by atoms with Crippen molar-refractivity contribution in [1.82, 2.24) is 39.0 Å². The molecule has 0 saturated heterocycles. The molecule has 5 aromatic heterocycles. The van der Waals surface area contributed by atoms with Gasteiger partial charge in [-0.2, -0.15) is 0 Å². The van der Waals surface area contributed by atoms with Gasteiger partial charge in [-0.3, -0.25) is 9.13 Å². The lowest BCUT2D eigenvalue weighted by molar-refractivity contribution is 0.989. The molecule has 0 amide bonds. The highest BCUT2D eigenvalue weighted by molar-refractivity contribution is 6.09. The molecule has 0 N–H and O–H groups in total. The van der Waals surface area contributed by atoms with Crippen LogP contribution in [0.2, 0.25) is 0 Å². The number of likely N-dealkylation sites (N-methyl/N-ethyl adjacent to an activating group) is 1. The number of fused-ring (bicyclic) bond motifs is 6. The standard InChI is InChI=1S/C48H35N9/c1-4-13-31(2)55(3)46-49-25-35(26-50-46)32-22-33(36-27-51-47(52-28-36)56-42-18-9-5-14-38(42)39-15-6-10-19-43(39)56)24-34(23-32)37-29-53-48(54-30-37)57-44-20-11-7-16-40(44)41-17-8-12-21-45(41)57/h4-30H,2H2,1,3H3/b13-4-. The predicted molar refractivity (Wildman–Crippen MR) is 231 cm³/mol. The Morgan fingerprint density at radius 1 is 0.474 bits per heavy atom. The van der Waals surface area contributed by atoms with Gasteiger partial charge in [-0.1, -0.05) is 85.5 Å². The van der Waals surface area contributed by atoms with Crippen molar-refractivity contribution < 1.29 is 0 Å². The highest BCUT2D eigenvalue weighted by atomic mass is 15.2. The van der Waals surface area contributed by atoms with Gasteiger partial charge in [0, 0.05) is 88.2 Å². The maximum absolute atomic E-state index is 4.94. The number of aromatic nitrogens is 8. The van der Waals surface area contributed by atoms with Crippen molar-refractivity contribution >= 4 is 49.6 Å². The van der Waals surface area contributed by atoms with E-state index in [1.54, 1.807) is 0 Å². The second-order valence-electron chi connectivity index (χ2n) is 13.9. The van der Waals surface area contributed by atoms with E-state index in [1.807, 2.05) is 92.5 Å². The zero-order chi connectivity index (χ0) is 38.5. The molecule has 0 spiro atoms. The average molecular weight is 738 g/mol. The van der Waals surface area contributed by atoms with Gasteiger partial charge >= 0.3 is 0 Å². The monoisotopic (exact) mass is 737 g/mol. The highest BCUT2D eigenvalue weighted by Crippen LogP contribution is 2.35. The Bertz CT molecular complexity index is 2880. The van der Waals surface area contributed by atoms with Gasteiger partial charge < -0.3 is 4.90 Å². The van der Waals surface area contributed by atoms with Crippen LogP contribution in [-0.4, -0.2) is 46.1 Å². The molecule has 0 unspecified atom stereocenters. The van der Waals surface area contributed by atoms with Crippen molar-refractivity contribution in [1.29, 1.82) is 0 Å². The summed E-state index contributed by atoms with van der Waals surface area (Å²) in [5.41, 5.74) is 10.4. The Kier molecular flexibility index (Phi) is 8.18. The first-order valence-corrected chi connectivity index (χ1v) is 18.7. The summed E-state index contributed by atoms with van der Waals surface area (Å²) in [7, 11) is 1.90. The van der Waals surface area contributed by atoms with Gasteiger partial charge in [0.25, 0.3) is 0 Å². The lowest BCUT2D eigenvalue weighted by atomic mass is 9.96. The molecular weight excluding hydrogens is 703 g/mol. The van der Waals surface area contributed by atoms with Crippen LogP contribution in [0.4, 0.5) is 5.95 Å². The van der Waals surface area contributed by atoms with Gasteiger partial charge in [-0.25, -0.2) is 29.9 Å². The predicted octanol–water partition coefficient (Wildman–Crippen LogP) is 10.8. The summed E-state index contributed by atoms with van der Waals surface area (Å²) in [5, 5.41) is 4.65. The van der Waals surface area contributed by atoms with E-state index >= 15 is 0 Å². The summed E-state index contributed by atoms with van der Waals surface area (Å²) >= 11 is 0. The summed E-state index contributed by atoms with van der Waals surface area (Å²) in [4.78, 5) is 31.0. The van der Waals surface area contributed by atoms with E-state index in [2.05, 4.69) is 107 Å². The van der Waals surface area contributed by atoms with E-state index < -0.39 is 0 Å². The van der Waals surface area contributed by atoms with Gasteiger partial charge in [-0.05, 0) is 72.2 Å². The third-order valence-corrected chi connectivity index (χ3v) is 10.5. The Balaban J connectivity index is 1.07. The fourth-order valence-electron chi connectivity index (χ4n) is 7.65. The smallest absolute Gasteiger partial charge is 0.234 e. The van der Waals surface area contributed by atoms with E-state index in [1.165, 1.54) is 0 Å². The van der Waals surface area contributed by atoms with Crippen molar-refractivity contribution in [3.8, 4) is 45.3 Å². The lowest BCUT2D eigenvalue weighted by Crippen LogP contribution is -2.16. The van der Waals surface area contributed by atoms with Gasteiger partial charge in [-0.15, -0.1) is 0 Å². The minimum absolute atomic E-state index is 0.557. The fourth-order valence-corrected chi connectivity index (χ4v) is 7.65. The Morgan fingerprint density at radius 2 is 0.789 bits per heavy atom. The minimum atomic E-state index is 0.557. The van der Waals surface area contributed by atoms with E-state index in [0.29, 0.717) is 17.8 Å².